The van der Waals surface area contributed by atoms with Gasteiger partial charge >= 0.3 is 182 Å². The van der Waals surface area contributed by atoms with Crippen molar-refractivity contribution in [3.8, 4) is 0 Å². The van der Waals surface area contributed by atoms with Crippen molar-refractivity contribution in [1.82, 2.24) is 0 Å². The van der Waals surface area contributed by atoms with Crippen LogP contribution in [-0.2, 0) is 19.1 Å². The standard InChI is InChI=1S/C11H15O5.3C4H9.Sn/c1-7-6-11(9(13)15-2,10(14)16-3)5-4-8(7)12;3*1-3-4-2;/h1,8,12H,4-6H2,2-3H3;3*1,3-4H2,2H3;. The molecular weight excluding hydrogens is 475 g/mol. The molecule has 0 aromatic rings. The van der Waals surface area contributed by atoms with Crippen LogP contribution in [0, 0.1) is 5.41 Å². The van der Waals surface area contributed by atoms with Crippen LogP contribution in [0.25, 0.3) is 0 Å². The number of ether oxygens (including phenoxy) is 2. The van der Waals surface area contributed by atoms with Crippen LogP contribution in [0.2, 0.25) is 13.3 Å². The quantitative estimate of drug-likeness (QED) is 0.220. The molecule has 6 heteroatoms. The third kappa shape index (κ3) is 6.98. The van der Waals surface area contributed by atoms with Crippen molar-refractivity contribution in [2.24, 2.45) is 5.41 Å². The van der Waals surface area contributed by atoms with Gasteiger partial charge in [-0.05, 0) is 0 Å². The first kappa shape index (κ1) is 26.5. The Hall–Kier alpha value is -0.561. The number of hydrogen-bond donors (Lipinski definition) is 1. The number of unbranched alkanes of at least 4 members (excludes halogenated alkanes) is 3. The van der Waals surface area contributed by atoms with Crippen molar-refractivity contribution in [2.75, 3.05) is 14.2 Å². The van der Waals surface area contributed by atoms with E-state index < -0.39 is 41.8 Å². The average molecular weight is 517 g/mol. The van der Waals surface area contributed by atoms with Crippen LogP contribution in [-0.4, -0.2) is 55.7 Å². The summed E-state index contributed by atoms with van der Waals surface area (Å²) >= 11 is -2.67. The van der Waals surface area contributed by atoms with Gasteiger partial charge in [0.2, 0.25) is 0 Å². The molecule has 0 bridgehead atoms. The molecule has 1 N–H and O–H groups in total. The summed E-state index contributed by atoms with van der Waals surface area (Å²) in [5, 5.41) is 10.8. The van der Waals surface area contributed by atoms with E-state index in [0.29, 0.717) is 6.42 Å². The zero-order valence-electron chi connectivity index (χ0n) is 19.2. The Morgan fingerprint density at radius 1 is 1.00 bits per heavy atom. The number of carbonyl (C=O) groups is 2. The Bertz CT molecular complexity index is 520. The van der Waals surface area contributed by atoms with E-state index in [1.165, 1.54) is 66.1 Å². The molecule has 29 heavy (non-hydrogen) atoms. The van der Waals surface area contributed by atoms with Gasteiger partial charge in [-0.25, -0.2) is 0 Å². The van der Waals surface area contributed by atoms with E-state index in [1.807, 2.05) is 0 Å². The summed E-state index contributed by atoms with van der Waals surface area (Å²) in [5.74, 6) is -1.09. The number of rotatable bonds is 12. The van der Waals surface area contributed by atoms with Gasteiger partial charge in [-0.2, -0.15) is 0 Å². The van der Waals surface area contributed by atoms with Crippen LogP contribution < -0.4 is 0 Å². The molecule has 1 fully saturated rings. The molecule has 0 spiro atoms. The van der Waals surface area contributed by atoms with Crippen LogP contribution in [0.1, 0.15) is 78.6 Å². The Labute approximate surface area is 181 Å². The first-order valence-corrected chi connectivity index (χ1v) is 19.1. The van der Waals surface area contributed by atoms with Gasteiger partial charge in [0.15, 0.2) is 0 Å². The van der Waals surface area contributed by atoms with Crippen molar-refractivity contribution in [2.45, 2.75) is 98.0 Å². The van der Waals surface area contributed by atoms with Gasteiger partial charge < -0.3 is 0 Å². The minimum absolute atomic E-state index is 0.233. The number of esters is 2. The Morgan fingerprint density at radius 2 is 1.45 bits per heavy atom. The third-order valence-corrected chi connectivity index (χ3v) is 20.9. The zero-order chi connectivity index (χ0) is 21.9. The van der Waals surface area contributed by atoms with E-state index in [2.05, 4.69) is 24.9 Å². The molecule has 1 aliphatic carbocycles. The molecule has 0 aliphatic heterocycles. The predicted molar refractivity (Wildman–Crippen MR) is 119 cm³/mol. The Morgan fingerprint density at radius 3 is 1.83 bits per heavy atom. The van der Waals surface area contributed by atoms with Gasteiger partial charge in [0.25, 0.3) is 0 Å². The number of aliphatic hydroxyl groups excluding tert-OH is 1. The zero-order valence-corrected chi connectivity index (χ0v) is 22.1. The summed E-state index contributed by atoms with van der Waals surface area (Å²) in [4.78, 5) is 25.2. The summed E-state index contributed by atoms with van der Waals surface area (Å²) in [6, 6.07) is 0. The first-order chi connectivity index (χ1) is 13.8. The number of methoxy groups -OCH3 is 2. The van der Waals surface area contributed by atoms with Crippen molar-refractivity contribution in [1.29, 1.82) is 0 Å². The van der Waals surface area contributed by atoms with E-state index in [4.69, 9.17) is 9.47 Å². The molecule has 1 atom stereocenters. The summed E-state index contributed by atoms with van der Waals surface area (Å²) in [5.41, 5.74) is -0.418. The van der Waals surface area contributed by atoms with Crippen LogP contribution in [0.15, 0.2) is 9.67 Å². The van der Waals surface area contributed by atoms with Crippen molar-refractivity contribution < 1.29 is 24.2 Å². The molecule has 0 radical (unpaired) electrons. The third-order valence-electron chi connectivity index (χ3n) is 6.51. The molecule has 0 amide bonds. The van der Waals surface area contributed by atoms with Crippen LogP contribution in [0.4, 0.5) is 0 Å². The van der Waals surface area contributed by atoms with Gasteiger partial charge in [0.05, 0.1) is 0 Å². The number of hydrogen-bond acceptors (Lipinski definition) is 5. The molecule has 168 valence electrons. The summed E-state index contributed by atoms with van der Waals surface area (Å²) in [6.45, 7) is 6.70. The van der Waals surface area contributed by atoms with Crippen molar-refractivity contribution >= 4 is 30.3 Å². The average Bonchev–Trinajstić information content (AvgIpc) is 2.75. The summed E-state index contributed by atoms with van der Waals surface area (Å²) in [7, 11) is 2.63. The topological polar surface area (TPSA) is 72.8 Å². The Kier molecular flexibility index (Phi) is 11.9. The maximum absolute atomic E-state index is 12.6. The molecule has 0 aromatic heterocycles. The van der Waals surface area contributed by atoms with E-state index >= 15 is 0 Å². The fraction of sp³-hybridized carbons (Fsp3) is 0.826. The van der Waals surface area contributed by atoms with Gasteiger partial charge in [0.1, 0.15) is 0 Å². The molecule has 1 unspecified atom stereocenters. The van der Waals surface area contributed by atoms with Gasteiger partial charge in [0, 0.05) is 0 Å². The van der Waals surface area contributed by atoms with Crippen LogP contribution in [0.5, 0.6) is 0 Å². The van der Waals surface area contributed by atoms with Crippen molar-refractivity contribution in [3.05, 3.63) is 9.67 Å². The summed E-state index contributed by atoms with van der Waals surface area (Å²) in [6.07, 6.45) is 7.53. The maximum atomic E-state index is 12.6. The normalized spacial score (nSPS) is 20.5. The van der Waals surface area contributed by atoms with Crippen LogP contribution >= 0.6 is 0 Å². The van der Waals surface area contributed by atoms with Gasteiger partial charge in [-0.15, -0.1) is 0 Å². The second kappa shape index (κ2) is 13.0. The minimum atomic E-state index is -2.67. The number of carbonyl (C=O) groups excluding carboxylic acids is 2. The molecule has 1 aliphatic rings. The first-order valence-electron chi connectivity index (χ1n) is 11.4. The second-order valence-electron chi connectivity index (χ2n) is 8.69. The fourth-order valence-corrected chi connectivity index (χ4v) is 20.2. The van der Waals surface area contributed by atoms with E-state index in [1.54, 1.807) is 0 Å². The van der Waals surface area contributed by atoms with E-state index in [-0.39, 0.29) is 12.8 Å². The molecule has 0 heterocycles. The molecular formula is C23H42O5Sn. The van der Waals surface area contributed by atoms with Crippen LogP contribution in [0.3, 0.4) is 0 Å². The number of aliphatic hydroxyl groups is 1. The van der Waals surface area contributed by atoms with Crippen molar-refractivity contribution in [3.63, 3.8) is 0 Å². The second-order valence-corrected chi connectivity index (χ2v) is 21.6. The van der Waals surface area contributed by atoms with E-state index in [9.17, 15) is 14.7 Å². The molecule has 5 nitrogen and oxygen atoms in total. The SMILES string of the molecule is CCC[CH2][Sn](/[CH]=C1\CC(C(=O)OC)(C(=O)OC)CCC1O)([CH2]CCC)[CH2]CCC. The Balaban J connectivity index is 3.37. The predicted octanol–water partition coefficient (Wildman–Crippen LogP) is 5.18. The van der Waals surface area contributed by atoms with E-state index in [0.717, 1.165) is 5.57 Å². The van der Waals surface area contributed by atoms with Gasteiger partial charge in [-0.3, -0.25) is 0 Å². The molecule has 0 aromatic carbocycles. The molecule has 0 saturated heterocycles. The fourth-order valence-electron chi connectivity index (χ4n) is 4.66. The monoisotopic (exact) mass is 518 g/mol. The van der Waals surface area contributed by atoms with Gasteiger partial charge in [-0.1, -0.05) is 0 Å². The molecule has 1 saturated carbocycles. The summed E-state index contributed by atoms with van der Waals surface area (Å²) < 4.78 is 16.3. The molecule has 1 rings (SSSR count).